The van der Waals surface area contributed by atoms with Crippen LogP contribution in [0.15, 0.2) is 35.1 Å². The fraction of sp³-hybridized carbons (Fsp3) is 0.267. The maximum atomic E-state index is 12.0. The predicted octanol–water partition coefficient (Wildman–Crippen LogP) is 1.38. The van der Waals surface area contributed by atoms with Crippen LogP contribution in [-0.2, 0) is 11.3 Å². The van der Waals surface area contributed by atoms with E-state index in [-0.39, 0.29) is 12.1 Å². The lowest BCUT2D eigenvalue weighted by Crippen LogP contribution is -2.28. The van der Waals surface area contributed by atoms with Gasteiger partial charge in [-0.1, -0.05) is 12.1 Å². The van der Waals surface area contributed by atoms with E-state index in [0.717, 1.165) is 5.56 Å². The zero-order chi connectivity index (χ0) is 15.2. The summed E-state index contributed by atoms with van der Waals surface area (Å²) >= 11 is 0. The number of methoxy groups -OCH3 is 2. The standard InChI is InChI=1S/C15H16N2O4/c1-20-7-6-17-15(19)12(10-18)9-14(16-17)11-4-3-5-13(8-11)21-2/h3-5,8-10H,6-7H2,1-2H3. The van der Waals surface area contributed by atoms with Gasteiger partial charge in [0.2, 0.25) is 0 Å². The molecule has 6 nitrogen and oxygen atoms in total. The van der Waals surface area contributed by atoms with Gasteiger partial charge in [-0.2, -0.15) is 5.10 Å². The predicted molar refractivity (Wildman–Crippen MR) is 77.7 cm³/mol. The minimum absolute atomic E-state index is 0.0684. The summed E-state index contributed by atoms with van der Waals surface area (Å²) in [6, 6.07) is 8.74. The quantitative estimate of drug-likeness (QED) is 0.751. The Balaban J connectivity index is 2.52. The van der Waals surface area contributed by atoms with Crippen molar-refractivity contribution in [2.45, 2.75) is 6.54 Å². The van der Waals surface area contributed by atoms with Gasteiger partial charge in [0.15, 0.2) is 6.29 Å². The highest BCUT2D eigenvalue weighted by molar-refractivity contribution is 5.77. The summed E-state index contributed by atoms with van der Waals surface area (Å²) in [5, 5.41) is 4.27. The maximum absolute atomic E-state index is 12.0. The fourth-order valence-electron chi connectivity index (χ4n) is 1.90. The molecule has 110 valence electrons. The Bertz CT molecular complexity index is 694. The Labute approximate surface area is 121 Å². The van der Waals surface area contributed by atoms with Gasteiger partial charge in [0.05, 0.1) is 31.5 Å². The van der Waals surface area contributed by atoms with Gasteiger partial charge in [0.1, 0.15) is 5.75 Å². The van der Waals surface area contributed by atoms with Crippen molar-refractivity contribution in [1.29, 1.82) is 0 Å². The molecule has 0 amide bonds. The van der Waals surface area contributed by atoms with Gasteiger partial charge in [-0.3, -0.25) is 9.59 Å². The smallest absolute Gasteiger partial charge is 0.277 e. The van der Waals surface area contributed by atoms with Gasteiger partial charge in [-0.25, -0.2) is 4.68 Å². The average molecular weight is 288 g/mol. The summed E-state index contributed by atoms with van der Waals surface area (Å²) < 4.78 is 11.4. The van der Waals surface area contributed by atoms with Crippen LogP contribution in [0.4, 0.5) is 0 Å². The first-order chi connectivity index (χ1) is 10.2. The van der Waals surface area contributed by atoms with Crippen molar-refractivity contribution in [2.24, 2.45) is 0 Å². The van der Waals surface area contributed by atoms with E-state index in [9.17, 15) is 9.59 Å². The van der Waals surface area contributed by atoms with Crippen LogP contribution in [0.3, 0.4) is 0 Å². The van der Waals surface area contributed by atoms with E-state index < -0.39 is 5.56 Å². The molecule has 0 bridgehead atoms. The van der Waals surface area contributed by atoms with E-state index in [1.807, 2.05) is 18.2 Å². The van der Waals surface area contributed by atoms with Gasteiger partial charge in [0, 0.05) is 12.7 Å². The number of carbonyl (C=O) groups excluding carboxylic acids is 1. The molecule has 2 aromatic rings. The number of carbonyl (C=O) groups is 1. The Hall–Kier alpha value is -2.47. The molecule has 0 saturated carbocycles. The van der Waals surface area contributed by atoms with Crippen molar-refractivity contribution in [1.82, 2.24) is 9.78 Å². The lowest BCUT2D eigenvalue weighted by atomic mass is 10.1. The molecule has 0 aliphatic carbocycles. The van der Waals surface area contributed by atoms with E-state index in [4.69, 9.17) is 9.47 Å². The number of hydrogen-bond donors (Lipinski definition) is 0. The monoisotopic (exact) mass is 288 g/mol. The summed E-state index contributed by atoms with van der Waals surface area (Å²) in [6.07, 6.45) is 0.539. The number of benzene rings is 1. The highest BCUT2D eigenvalue weighted by Crippen LogP contribution is 2.21. The second kappa shape index (κ2) is 6.81. The molecule has 0 atom stereocenters. The molecule has 0 saturated heterocycles. The van der Waals surface area contributed by atoms with Crippen molar-refractivity contribution in [3.8, 4) is 17.0 Å². The highest BCUT2D eigenvalue weighted by Gasteiger charge is 2.10. The Kier molecular flexibility index (Phi) is 4.84. The van der Waals surface area contributed by atoms with Crippen molar-refractivity contribution < 1.29 is 14.3 Å². The summed E-state index contributed by atoms with van der Waals surface area (Å²) in [5.74, 6) is 0.677. The van der Waals surface area contributed by atoms with Crippen molar-refractivity contribution in [3.05, 3.63) is 46.2 Å². The van der Waals surface area contributed by atoms with E-state index >= 15 is 0 Å². The van der Waals surface area contributed by atoms with Gasteiger partial charge in [-0.05, 0) is 18.2 Å². The molecule has 0 aliphatic heterocycles. The Morgan fingerprint density at radius 2 is 2.10 bits per heavy atom. The van der Waals surface area contributed by atoms with Crippen molar-refractivity contribution in [2.75, 3.05) is 20.8 Å². The van der Waals surface area contributed by atoms with Crippen LogP contribution in [-0.4, -0.2) is 36.9 Å². The molecule has 0 unspecified atom stereocenters. The Morgan fingerprint density at radius 1 is 1.29 bits per heavy atom. The van der Waals surface area contributed by atoms with Crippen LogP contribution < -0.4 is 10.3 Å². The number of aromatic nitrogens is 2. The third-order valence-electron chi connectivity index (χ3n) is 3.00. The first-order valence-electron chi connectivity index (χ1n) is 6.40. The minimum Gasteiger partial charge on any atom is -0.497 e. The van der Waals surface area contributed by atoms with Gasteiger partial charge >= 0.3 is 0 Å². The van der Waals surface area contributed by atoms with E-state index in [1.165, 1.54) is 17.9 Å². The van der Waals surface area contributed by atoms with Gasteiger partial charge < -0.3 is 9.47 Å². The number of hydrogen-bond acceptors (Lipinski definition) is 5. The first kappa shape index (κ1) is 14.9. The molecule has 1 heterocycles. The zero-order valence-corrected chi connectivity index (χ0v) is 11.9. The van der Waals surface area contributed by atoms with Crippen LogP contribution in [0, 0.1) is 0 Å². The van der Waals surface area contributed by atoms with E-state index in [0.29, 0.717) is 24.3 Å². The molecule has 0 radical (unpaired) electrons. The first-order valence-corrected chi connectivity index (χ1v) is 6.40. The second-order valence-corrected chi connectivity index (χ2v) is 4.36. The third kappa shape index (κ3) is 3.35. The number of aldehydes is 1. The van der Waals surface area contributed by atoms with Crippen LogP contribution in [0.2, 0.25) is 0 Å². The second-order valence-electron chi connectivity index (χ2n) is 4.36. The summed E-state index contributed by atoms with van der Waals surface area (Å²) in [6.45, 7) is 0.626. The molecular formula is C15H16N2O4. The Morgan fingerprint density at radius 3 is 2.76 bits per heavy atom. The maximum Gasteiger partial charge on any atom is 0.277 e. The summed E-state index contributed by atoms with van der Waals surface area (Å²) in [4.78, 5) is 23.1. The molecule has 1 aromatic heterocycles. The minimum atomic E-state index is -0.423. The molecule has 0 N–H and O–H groups in total. The zero-order valence-electron chi connectivity index (χ0n) is 11.9. The van der Waals surface area contributed by atoms with Crippen LogP contribution in [0.25, 0.3) is 11.3 Å². The molecular weight excluding hydrogens is 272 g/mol. The molecule has 21 heavy (non-hydrogen) atoms. The van der Waals surface area contributed by atoms with Crippen LogP contribution >= 0.6 is 0 Å². The molecule has 0 aliphatic rings. The van der Waals surface area contributed by atoms with Crippen LogP contribution in [0.1, 0.15) is 10.4 Å². The van der Waals surface area contributed by atoms with Gasteiger partial charge in [0.25, 0.3) is 5.56 Å². The third-order valence-corrected chi connectivity index (χ3v) is 3.00. The number of nitrogens with zero attached hydrogens (tertiary/aromatic N) is 2. The van der Waals surface area contributed by atoms with E-state index in [2.05, 4.69) is 5.10 Å². The molecule has 0 fully saturated rings. The summed E-state index contributed by atoms with van der Waals surface area (Å²) in [5.41, 5.74) is 0.947. The number of ether oxygens (including phenoxy) is 2. The molecule has 0 spiro atoms. The lowest BCUT2D eigenvalue weighted by molar-refractivity contribution is 0.112. The summed E-state index contributed by atoms with van der Waals surface area (Å²) in [7, 11) is 3.11. The largest absolute Gasteiger partial charge is 0.497 e. The number of rotatable bonds is 6. The average Bonchev–Trinajstić information content (AvgIpc) is 2.54. The normalized spacial score (nSPS) is 10.4. The molecule has 2 rings (SSSR count). The SMILES string of the molecule is COCCn1nc(-c2cccc(OC)c2)cc(C=O)c1=O. The van der Waals surface area contributed by atoms with Gasteiger partial charge in [-0.15, -0.1) is 0 Å². The highest BCUT2D eigenvalue weighted by atomic mass is 16.5. The topological polar surface area (TPSA) is 70.4 Å². The molecule has 1 aromatic carbocycles. The van der Waals surface area contributed by atoms with Crippen molar-refractivity contribution >= 4 is 6.29 Å². The molecule has 6 heteroatoms. The van der Waals surface area contributed by atoms with E-state index in [1.54, 1.807) is 13.2 Å². The fourth-order valence-corrected chi connectivity index (χ4v) is 1.90. The lowest BCUT2D eigenvalue weighted by Gasteiger charge is -2.09. The van der Waals surface area contributed by atoms with Crippen molar-refractivity contribution in [3.63, 3.8) is 0 Å². The van der Waals surface area contributed by atoms with Crippen LogP contribution in [0.5, 0.6) is 5.75 Å².